The molecule has 0 radical (unpaired) electrons. The van der Waals surface area contributed by atoms with Crippen LogP contribution in [0.25, 0.3) is 17.1 Å². The number of anilines is 1. The molecule has 0 unspecified atom stereocenters. The number of nitrogens with zero attached hydrogens (tertiary/aromatic N) is 3. The maximum Gasteiger partial charge on any atom is 0.234 e. The molecule has 4 aromatic rings. The summed E-state index contributed by atoms with van der Waals surface area (Å²) in [7, 11) is 0. The topological polar surface area (TPSA) is 59.8 Å². The second kappa shape index (κ2) is 9.68. The van der Waals surface area contributed by atoms with Gasteiger partial charge in [-0.15, -0.1) is 10.2 Å². The Bertz CT molecular complexity index is 1280. The zero-order valence-electron chi connectivity index (χ0n) is 16.2. The van der Waals surface area contributed by atoms with Gasteiger partial charge in [-0.3, -0.25) is 9.36 Å². The van der Waals surface area contributed by atoms with Gasteiger partial charge in [-0.2, -0.15) is 0 Å². The number of carbonyl (C=O) groups is 1. The van der Waals surface area contributed by atoms with Gasteiger partial charge in [0.2, 0.25) is 5.91 Å². The van der Waals surface area contributed by atoms with Crippen LogP contribution in [0.5, 0.6) is 0 Å². The first-order valence-corrected chi connectivity index (χ1v) is 11.0. The number of thioether (sulfide) groups is 1. The van der Waals surface area contributed by atoms with E-state index in [1.807, 2.05) is 6.07 Å². The first-order valence-electron chi connectivity index (χ1n) is 9.26. The zero-order valence-corrected chi connectivity index (χ0v) is 18.6. The highest BCUT2D eigenvalue weighted by Gasteiger charge is 2.18. The van der Waals surface area contributed by atoms with Gasteiger partial charge in [-0.25, -0.2) is 8.78 Å². The number of carbonyl (C=O) groups excluding carboxylic acids is 1. The van der Waals surface area contributed by atoms with Gasteiger partial charge in [0.1, 0.15) is 11.6 Å². The number of hydrogen-bond acceptors (Lipinski definition) is 4. The van der Waals surface area contributed by atoms with E-state index in [-0.39, 0.29) is 11.4 Å². The van der Waals surface area contributed by atoms with E-state index in [0.29, 0.717) is 27.1 Å². The molecule has 0 aliphatic carbocycles. The van der Waals surface area contributed by atoms with E-state index in [1.165, 1.54) is 6.07 Å². The number of benzene rings is 3. The van der Waals surface area contributed by atoms with E-state index in [0.717, 1.165) is 29.1 Å². The maximum atomic E-state index is 13.8. The van der Waals surface area contributed by atoms with Crippen molar-refractivity contribution in [1.82, 2.24) is 14.8 Å². The molecule has 0 atom stereocenters. The quantitative estimate of drug-likeness (QED) is 0.324. The molecule has 32 heavy (non-hydrogen) atoms. The molecular weight excluding hydrogens is 477 g/mol. The Hall–Kier alpha value is -2.94. The molecule has 1 aromatic heterocycles. The van der Waals surface area contributed by atoms with Crippen molar-refractivity contribution in [3.05, 3.63) is 88.4 Å². The van der Waals surface area contributed by atoms with Gasteiger partial charge >= 0.3 is 0 Å². The van der Waals surface area contributed by atoms with E-state index < -0.39 is 17.5 Å². The molecule has 1 N–H and O–H groups in total. The van der Waals surface area contributed by atoms with Crippen LogP contribution in [0.3, 0.4) is 0 Å². The van der Waals surface area contributed by atoms with Crippen LogP contribution in [0.2, 0.25) is 10.0 Å². The van der Waals surface area contributed by atoms with Crippen LogP contribution in [-0.4, -0.2) is 26.4 Å². The lowest BCUT2D eigenvalue weighted by Gasteiger charge is -2.11. The summed E-state index contributed by atoms with van der Waals surface area (Å²) < 4.78 is 28.6. The summed E-state index contributed by atoms with van der Waals surface area (Å²) in [6, 6.07) is 17.2. The second-order valence-electron chi connectivity index (χ2n) is 6.59. The third kappa shape index (κ3) is 5.09. The van der Waals surface area contributed by atoms with E-state index in [1.54, 1.807) is 47.0 Å². The predicted octanol–water partition coefficient (Wildman–Crippen LogP) is 6.25. The molecule has 4 rings (SSSR count). The minimum absolute atomic E-state index is 0.0713. The van der Waals surface area contributed by atoms with Crippen molar-refractivity contribution in [1.29, 1.82) is 0 Å². The minimum atomic E-state index is -0.851. The fourth-order valence-corrected chi connectivity index (χ4v) is 3.98. The molecule has 3 aromatic carbocycles. The van der Waals surface area contributed by atoms with Gasteiger partial charge in [0, 0.05) is 27.4 Å². The van der Waals surface area contributed by atoms with Crippen molar-refractivity contribution in [2.24, 2.45) is 0 Å². The highest BCUT2D eigenvalue weighted by molar-refractivity contribution is 7.99. The third-order valence-electron chi connectivity index (χ3n) is 4.34. The Morgan fingerprint density at radius 2 is 1.75 bits per heavy atom. The van der Waals surface area contributed by atoms with Crippen LogP contribution in [0, 0.1) is 11.6 Å². The molecule has 0 spiro atoms. The molecule has 1 amide bonds. The van der Waals surface area contributed by atoms with Gasteiger partial charge in [0.05, 0.1) is 11.4 Å². The van der Waals surface area contributed by atoms with E-state index in [2.05, 4.69) is 15.5 Å². The molecule has 0 aliphatic rings. The molecule has 0 fully saturated rings. The average molecular weight is 491 g/mol. The second-order valence-corrected chi connectivity index (χ2v) is 8.40. The Balaban J connectivity index is 1.60. The van der Waals surface area contributed by atoms with Crippen LogP contribution in [-0.2, 0) is 4.79 Å². The Labute approximate surface area is 196 Å². The molecule has 10 heteroatoms. The number of amides is 1. The summed E-state index contributed by atoms with van der Waals surface area (Å²) in [5, 5.41) is 12.5. The molecule has 1 heterocycles. The van der Waals surface area contributed by atoms with E-state index in [4.69, 9.17) is 23.2 Å². The predicted molar refractivity (Wildman–Crippen MR) is 123 cm³/mol. The highest BCUT2D eigenvalue weighted by Crippen LogP contribution is 2.30. The minimum Gasteiger partial charge on any atom is -0.323 e. The maximum absolute atomic E-state index is 13.8. The number of aromatic nitrogens is 3. The molecule has 0 aliphatic heterocycles. The summed E-state index contributed by atoms with van der Waals surface area (Å²) >= 11 is 13.3. The van der Waals surface area contributed by atoms with Crippen molar-refractivity contribution in [2.45, 2.75) is 5.16 Å². The normalized spacial score (nSPS) is 10.9. The zero-order chi connectivity index (χ0) is 22.7. The van der Waals surface area contributed by atoms with Crippen LogP contribution in [0.4, 0.5) is 14.5 Å². The van der Waals surface area contributed by atoms with Crippen molar-refractivity contribution < 1.29 is 13.6 Å². The van der Waals surface area contributed by atoms with Gasteiger partial charge < -0.3 is 5.32 Å². The van der Waals surface area contributed by atoms with Crippen molar-refractivity contribution >= 4 is 46.6 Å². The lowest BCUT2D eigenvalue weighted by atomic mass is 10.2. The first-order chi connectivity index (χ1) is 15.4. The van der Waals surface area contributed by atoms with E-state index >= 15 is 0 Å². The molecule has 0 saturated carbocycles. The molecule has 0 saturated heterocycles. The lowest BCUT2D eigenvalue weighted by Crippen LogP contribution is -2.15. The van der Waals surface area contributed by atoms with Crippen LogP contribution >= 0.6 is 35.0 Å². The summed E-state index contributed by atoms with van der Waals surface area (Å²) in [5.74, 6) is -1.59. The van der Waals surface area contributed by atoms with Gasteiger partial charge in [0.15, 0.2) is 11.0 Å². The van der Waals surface area contributed by atoms with Gasteiger partial charge in [-0.05, 0) is 48.5 Å². The monoisotopic (exact) mass is 490 g/mol. The fraction of sp³-hybridized carbons (Fsp3) is 0.0455. The fourth-order valence-electron chi connectivity index (χ4n) is 2.91. The van der Waals surface area contributed by atoms with Gasteiger partial charge in [0.25, 0.3) is 0 Å². The van der Waals surface area contributed by atoms with Crippen LogP contribution < -0.4 is 5.32 Å². The number of nitrogens with one attached hydrogen (secondary N) is 1. The van der Waals surface area contributed by atoms with Crippen molar-refractivity contribution in [3.63, 3.8) is 0 Å². The molecule has 162 valence electrons. The van der Waals surface area contributed by atoms with Crippen LogP contribution in [0.15, 0.2) is 71.9 Å². The smallest absolute Gasteiger partial charge is 0.234 e. The summed E-state index contributed by atoms with van der Waals surface area (Å²) in [4.78, 5) is 12.4. The molecule has 0 bridgehead atoms. The largest absolute Gasteiger partial charge is 0.323 e. The van der Waals surface area contributed by atoms with Gasteiger partial charge in [-0.1, -0.05) is 47.1 Å². The first kappa shape index (κ1) is 22.3. The summed E-state index contributed by atoms with van der Waals surface area (Å²) in [6.45, 7) is 0. The van der Waals surface area contributed by atoms with Crippen molar-refractivity contribution in [2.75, 3.05) is 11.1 Å². The number of rotatable bonds is 6. The SMILES string of the molecule is O=C(CSc1nnc(-c2cccc(Cl)c2)n1-c1ccc(Cl)cc1)Nc1ccc(F)cc1F. The summed E-state index contributed by atoms with van der Waals surface area (Å²) in [5.41, 5.74) is 1.38. The number of hydrogen-bond donors (Lipinski definition) is 1. The van der Waals surface area contributed by atoms with Crippen LogP contribution in [0.1, 0.15) is 0 Å². The lowest BCUT2D eigenvalue weighted by molar-refractivity contribution is -0.113. The molecule has 5 nitrogen and oxygen atoms in total. The standard InChI is InChI=1S/C22H14Cl2F2N4OS/c23-14-4-7-17(8-5-14)30-21(13-2-1-3-15(24)10-13)28-29-22(30)32-12-20(31)27-19-9-6-16(25)11-18(19)26/h1-11H,12H2,(H,27,31). The highest BCUT2D eigenvalue weighted by atomic mass is 35.5. The Kier molecular flexibility index (Phi) is 6.74. The number of halogens is 4. The van der Waals surface area contributed by atoms with Crippen molar-refractivity contribution in [3.8, 4) is 17.1 Å². The molecular formula is C22H14Cl2F2N4OS. The third-order valence-corrected chi connectivity index (χ3v) is 5.75. The Morgan fingerprint density at radius 3 is 2.47 bits per heavy atom. The Morgan fingerprint density at radius 1 is 0.969 bits per heavy atom. The average Bonchev–Trinajstić information content (AvgIpc) is 3.19. The van der Waals surface area contributed by atoms with E-state index in [9.17, 15) is 13.6 Å². The summed E-state index contributed by atoms with van der Waals surface area (Å²) in [6.07, 6.45) is 0.